The van der Waals surface area contributed by atoms with E-state index in [9.17, 15) is 9.90 Å². The third-order valence-corrected chi connectivity index (χ3v) is 4.57. The second-order valence-electron chi connectivity index (χ2n) is 4.89. The molecule has 2 N–H and O–H groups in total. The SMILES string of the molecule is CCN1C(=S)NC(c2ccc(O)c(Br)c2)C(C(C)=O)=C1C. The molecular formula is C15H17BrN2O2S. The van der Waals surface area contributed by atoms with Crippen molar-refractivity contribution in [3.8, 4) is 5.75 Å². The number of carbonyl (C=O) groups is 1. The smallest absolute Gasteiger partial charge is 0.173 e. The summed E-state index contributed by atoms with van der Waals surface area (Å²) < 4.78 is 0.589. The number of allylic oxidation sites excluding steroid dienone is 1. The lowest BCUT2D eigenvalue weighted by molar-refractivity contribution is -0.114. The fraction of sp³-hybridized carbons (Fsp3) is 0.333. The van der Waals surface area contributed by atoms with Crippen LogP contribution in [-0.4, -0.2) is 27.4 Å². The van der Waals surface area contributed by atoms with Crippen LogP contribution in [0.3, 0.4) is 0 Å². The Balaban J connectivity index is 2.56. The Bertz CT molecular complexity index is 643. The highest BCUT2D eigenvalue weighted by molar-refractivity contribution is 9.10. The van der Waals surface area contributed by atoms with Crippen molar-refractivity contribution in [2.75, 3.05) is 6.54 Å². The number of benzene rings is 1. The number of Topliss-reactive ketones (excluding diaryl/α,β-unsaturated/α-hetero) is 1. The fourth-order valence-electron chi connectivity index (χ4n) is 2.57. The van der Waals surface area contributed by atoms with E-state index in [1.165, 1.54) is 0 Å². The van der Waals surface area contributed by atoms with Crippen molar-refractivity contribution in [2.24, 2.45) is 0 Å². The average molecular weight is 369 g/mol. The average Bonchev–Trinajstić information content (AvgIpc) is 2.41. The van der Waals surface area contributed by atoms with Crippen LogP contribution in [0, 0.1) is 0 Å². The van der Waals surface area contributed by atoms with Gasteiger partial charge in [0, 0.05) is 17.8 Å². The summed E-state index contributed by atoms with van der Waals surface area (Å²) in [5.74, 6) is 0.174. The molecule has 0 aromatic heterocycles. The number of phenols is 1. The molecule has 0 aliphatic carbocycles. The van der Waals surface area contributed by atoms with Gasteiger partial charge in [0.25, 0.3) is 0 Å². The van der Waals surface area contributed by atoms with Gasteiger partial charge in [-0.25, -0.2) is 0 Å². The molecule has 1 atom stereocenters. The van der Waals surface area contributed by atoms with Gasteiger partial charge in [-0.2, -0.15) is 0 Å². The van der Waals surface area contributed by atoms with Gasteiger partial charge in [0.15, 0.2) is 10.9 Å². The van der Waals surface area contributed by atoms with Crippen LogP contribution in [0.5, 0.6) is 5.75 Å². The lowest BCUT2D eigenvalue weighted by Crippen LogP contribution is -2.47. The minimum Gasteiger partial charge on any atom is -0.507 e. The predicted octanol–water partition coefficient (Wildman–Crippen LogP) is 3.27. The lowest BCUT2D eigenvalue weighted by Gasteiger charge is -2.37. The van der Waals surface area contributed by atoms with Crippen molar-refractivity contribution in [2.45, 2.75) is 26.8 Å². The molecule has 0 radical (unpaired) electrons. The summed E-state index contributed by atoms with van der Waals surface area (Å²) in [6, 6.07) is 4.89. The number of hydrogen-bond donors (Lipinski definition) is 2. The first-order valence-electron chi connectivity index (χ1n) is 6.65. The second-order valence-corrected chi connectivity index (χ2v) is 6.13. The van der Waals surface area contributed by atoms with E-state index in [1.54, 1.807) is 25.1 Å². The first kappa shape index (κ1) is 16.0. The topological polar surface area (TPSA) is 52.6 Å². The van der Waals surface area contributed by atoms with E-state index in [4.69, 9.17) is 12.2 Å². The van der Waals surface area contributed by atoms with Crippen LogP contribution in [0.4, 0.5) is 0 Å². The van der Waals surface area contributed by atoms with Crippen molar-refractivity contribution in [1.82, 2.24) is 10.2 Å². The standard InChI is InChI=1S/C15H17BrN2O2S/c1-4-18-8(2)13(9(3)19)14(17-15(18)21)10-5-6-12(20)11(16)7-10/h5-7,14,20H,4H2,1-3H3,(H,17,21). The number of phenolic OH excluding ortho intramolecular Hbond substituents is 1. The van der Waals surface area contributed by atoms with E-state index >= 15 is 0 Å². The van der Waals surface area contributed by atoms with Gasteiger partial charge < -0.3 is 15.3 Å². The van der Waals surface area contributed by atoms with Crippen LogP contribution >= 0.6 is 28.1 Å². The van der Waals surface area contributed by atoms with Gasteiger partial charge >= 0.3 is 0 Å². The van der Waals surface area contributed by atoms with Crippen LogP contribution in [0.1, 0.15) is 32.4 Å². The number of hydrogen-bond acceptors (Lipinski definition) is 3. The summed E-state index contributed by atoms with van der Waals surface area (Å²) in [7, 11) is 0. The molecular weight excluding hydrogens is 352 g/mol. The first-order valence-corrected chi connectivity index (χ1v) is 7.85. The third kappa shape index (κ3) is 2.96. The normalized spacial score (nSPS) is 18.8. The Morgan fingerprint density at radius 2 is 2.19 bits per heavy atom. The summed E-state index contributed by atoms with van der Waals surface area (Å²) in [5, 5.41) is 13.4. The zero-order valence-electron chi connectivity index (χ0n) is 12.1. The molecule has 112 valence electrons. The van der Waals surface area contributed by atoms with Crippen molar-refractivity contribution < 1.29 is 9.90 Å². The van der Waals surface area contributed by atoms with Gasteiger partial charge in [-0.15, -0.1) is 0 Å². The molecule has 0 fully saturated rings. The minimum absolute atomic E-state index is 0.00940. The van der Waals surface area contributed by atoms with Gasteiger partial charge in [0.05, 0.1) is 10.5 Å². The molecule has 1 aromatic rings. The zero-order valence-corrected chi connectivity index (χ0v) is 14.5. The van der Waals surface area contributed by atoms with Crippen molar-refractivity contribution >= 4 is 39.0 Å². The molecule has 1 unspecified atom stereocenters. The van der Waals surface area contributed by atoms with E-state index in [0.29, 0.717) is 21.7 Å². The van der Waals surface area contributed by atoms with E-state index in [-0.39, 0.29) is 17.6 Å². The summed E-state index contributed by atoms with van der Waals surface area (Å²) in [6.45, 7) is 6.17. The Labute approximate surface area is 138 Å². The molecule has 1 aliphatic heterocycles. The monoisotopic (exact) mass is 368 g/mol. The number of ketones is 1. The molecule has 0 saturated carbocycles. The summed E-state index contributed by atoms with van der Waals surface area (Å²) in [6.07, 6.45) is 0. The molecule has 1 aromatic carbocycles. The molecule has 1 heterocycles. The molecule has 6 heteroatoms. The minimum atomic E-state index is -0.297. The Kier molecular flexibility index (Phi) is 4.68. The number of rotatable bonds is 3. The van der Waals surface area contributed by atoms with E-state index in [0.717, 1.165) is 11.3 Å². The highest BCUT2D eigenvalue weighted by Gasteiger charge is 2.31. The quantitative estimate of drug-likeness (QED) is 0.801. The molecule has 2 rings (SSSR count). The first-order chi connectivity index (χ1) is 9.86. The van der Waals surface area contributed by atoms with Crippen molar-refractivity contribution in [3.05, 3.63) is 39.5 Å². The lowest BCUT2D eigenvalue weighted by atomic mass is 9.92. The number of nitrogens with zero attached hydrogens (tertiary/aromatic N) is 1. The Morgan fingerprint density at radius 3 is 2.71 bits per heavy atom. The van der Waals surface area contributed by atoms with Crippen molar-refractivity contribution in [3.63, 3.8) is 0 Å². The third-order valence-electron chi connectivity index (χ3n) is 3.60. The van der Waals surface area contributed by atoms with Gasteiger partial charge in [0.2, 0.25) is 0 Å². The highest BCUT2D eigenvalue weighted by atomic mass is 79.9. The fourth-order valence-corrected chi connectivity index (χ4v) is 3.35. The maximum Gasteiger partial charge on any atom is 0.173 e. The maximum atomic E-state index is 12.1. The van der Waals surface area contributed by atoms with E-state index < -0.39 is 0 Å². The van der Waals surface area contributed by atoms with Crippen LogP contribution in [0.15, 0.2) is 33.9 Å². The molecule has 0 bridgehead atoms. The molecule has 0 amide bonds. The summed E-state index contributed by atoms with van der Waals surface area (Å²) >= 11 is 8.69. The predicted molar refractivity (Wildman–Crippen MR) is 90.0 cm³/mol. The van der Waals surface area contributed by atoms with Gasteiger partial charge in [0.1, 0.15) is 5.75 Å². The van der Waals surface area contributed by atoms with Crippen LogP contribution < -0.4 is 5.32 Å². The molecule has 1 aliphatic rings. The molecule has 0 saturated heterocycles. The number of thiocarbonyl (C=S) groups is 1. The van der Waals surface area contributed by atoms with Gasteiger partial charge in [-0.3, -0.25) is 4.79 Å². The number of aromatic hydroxyl groups is 1. The van der Waals surface area contributed by atoms with Crippen LogP contribution in [-0.2, 0) is 4.79 Å². The summed E-state index contributed by atoms with van der Waals surface area (Å²) in [4.78, 5) is 14.0. The molecule has 21 heavy (non-hydrogen) atoms. The van der Waals surface area contributed by atoms with E-state index in [1.807, 2.05) is 18.7 Å². The van der Waals surface area contributed by atoms with E-state index in [2.05, 4.69) is 21.2 Å². The largest absolute Gasteiger partial charge is 0.507 e. The molecule has 4 nitrogen and oxygen atoms in total. The Morgan fingerprint density at radius 1 is 1.52 bits per heavy atom. The number of halogens is 1. The Hall–Kier alpha value is -1.40. The second kappa shape index (κ2) is 6.15. The maximum absolute atomic E-state index is 12.1. The van der Waals surface area contributed by atoms with Crippen LogP contribution in [0.2, 0.25) is 0 Å². The van der Waals surface area contributed by atoms with Gasteiger partial charge in [-0.1, -0.05) is 6.07 Å². The zero-order chi connectivity index (χ0) is 15.7. The highest BCUT2D eigenvalue weighted by Crippen LogP contribution is 2.34. The number of nitrogens with one attached hydrogen (secondary N) is 1. The number of carbonyl (C=O) groups excluding carboxylic acids is 1. The van der Waals surface area contributed by atoms with Crippen molar-refractivity contribution in [1.29, 1.82) is 0 Å². The summed E-state index contributed by atoms with van der Waals surface area (Å²) in [5.41, 5.74) is 2.45. The van der Waals surface area contributed by atoms with Gasteiger partial charge in [-0.05, 0) is 66.6 Å². The van der Waals surface area contributed by atoms with Crippen LogP contribution in [0.25, 0.3) is 0 Å². The molecule has 0 spiro atoms.